The molecule has 5 heteroatoms. The van der Waals surface area contributed by atoms with Crippen LogP contribution in [0.3, 0.4) is 0 Å². The average Bonchev–Trinajstić information content (AvgIpc) is 2.83. The largest absolute Gasteiger partial charge is 0.461 e. The van der Waals surface area contributed by atoms with Crippen molar-refractivity contribution in [2.75, 3.05) is 5.43 Å². The maximum Gasteiger partial charge on any atom is 0.166 e. The van der Waals surface area contributed by atoms with Crippen LogP contribution in [0.15, 0.2) is 28.7 Å². The first-order valence-corrected chi connectivity index (χ1v) is 6.98. The molecule has 0 fully saturated rings. The van der Waals surface area contributed by atoms with E-state index in [-0.39, 0.29) is 0 Å². The van der Waals surface area contributed by atoms with Crippen molar-refractivity contribution in [2.24, 2.45) is 5.84 Å². The molecule has 3 rings (SSSR count). The molecule has 0 saturated heterocycles. The second-order valence-corrected chi connectivity index (χ2v) is 4.99. The Morgan fingerprint density at radius 1 is 1.19 bits per heavy atom. The van der Waals surface area contributed by atoms with Crippen molar-refractivity contribution in [3.05, 3.63) is 41.3 Å². The molecule has 0 aliphatic rings. The molecule has 5 nitrogen and oxygen atoms in total. The van der Waals surface area contributed by atoms with E-state index in [0.717, 1.165) is 40.0 Å². The molecule has 1 aromatic carbocycles. The summed E-state index contributed by atoms with van der Waals surface area (Å²) in [4.78, 5) is 9.23. The van der Waals surface area contributed by atoms with Crippen LogP contribution in [0.5, 0.6) is 0 Å². The van der Waals surface area contributed by atoms with E-state index in [4.69, 9.17) is 10.3 Å². The van der Waals surface area contributed by atoms with Crippen molar-refractivity contribution in [1.29, 1.82) is 0 Å². The number of anilines is 1. The fourth-order valence-electron chi connectivity index (χ4n) is 2.61. The van der Waals surface area contributed by atoms with Crippen LogP contribution in [0.25, 0.3) is 22.4 Å². The zero-order valence-electron chi connectivity index (χ0n) is 12.4. The smallest absolute Gasteiger partial charge is 0.166 e. The first kappa shape index (κ1) is 13.6. The van der Waals surface area contributed by atoms with Crippen LogP contribution in [-0.4, -0.2) is 9.97 Å². The van der Waals surface area contributed by atoms with Gasteiger partial charge < -0.3 is 9.84 Å². The topological polar surface area (TPSA) is 77.0 Å². The molecule has 2 aromatic heterocycles. The van der Waals surface area contributed by atoms with Crippen LogP contribution < -0.4 is 11.3 Å². The Bertz CT molecular complexity index is 782. The minimum Gasteiger partial charge on any atom is -0.461 e. The van der Waals surface area contributed by atoms with Gasteiger partial charge in [-0.2, -0.15) is 0 Å². The van der Waals surface area contributed by atoms with E-state index >= 15 is 0 Å². The molecule has 3 N–H and O–H groups in total. The van der Waals surface area contributed by atoms with Gasteiger partial charge in [0.15, 0.2) is 5.82 Å². The number of hydrazine groups is 1. The minimum absolute atomic E-state index is 0.646. The lowest BCUT2D eigenvalue weighted by atomic mass is 10.1. The average molecular weight is 282 g/mol. The first-order valence-electron chi connectivity index (χ1n) is 6.98. The van der Waals surface area contributed by atoms with Crippen molar-refractivity contribution in [2.45, 2.75) is 27.2 Å². The Balaban J connectivity index is 2.30. The van der Waals surface area contributed by atoms with Crippen molar-refractivity contribution < 1.29 is 4.42 Å². The van der Waals surface area contributed by atoms with Crippen LogP contribution in [0.1, 0.15) is 23.9 Å². The van der Waals surface area contributed by atoms with Crippen molar-refractivity contribution in [1.82, 2.24) is 9.97 Å². The highest BCUT2D eigenvalue weighted by Crippen LogP contribution is 2.33. The van der Waals surface area contributed by atoms with Crippen LogP contribution in [0.4, 0.5) is 5.82 Å². The zero-order valence-corrected chi connectivity index (χ0v) is 12.4. The second kappa shape index (κ2) is 5.18. The van der Waals surface area contributed by atoms with Gasteiger partial charge in [-0.25, -0.2) is 15.8 Å². The van der Waals surface area contributed by atoms with Gasteiger partial charge in [0.25, 0.3) is 0 Å². The number of rotatable bonds is 3. The third kappa shape index (κ3) is 2.15. The van der Waals surface area contributed by atoms with Gasteiger partial charge in [0, 0.05) is 16.6 Å². The predicted octanol–water partition coefficient (Wildman–Crippen LogP) is 3.35. The van der Waals surface area contributed by atoms with Gasteiger partial charge in [0.2, 0.25) is 0 Å². The second-order valence-electron chi connectivity index (χ2n) is 4.99. The molecular formula is C16H18N4O. The highest BCUT2D eigenvalue weighted by Gasteiger charge is 2.17. The summed E-state index contributed by atoms with van der Waals surface area (Å²) in [5.74, 6) is 7.69. The number of aromatic nitrogens is 2. The number of nitrogens with two attached hydrogens (primary N) is 1. The monoisotopic (exact) mass is 282 g/mol. The Morgan fingerprint density at radius 2 is 1.95 bits per heavy atom. The minimum atomic E-state index is 0.646. The summed E-state index contributed by atoms with van der Waals surface area (Å²) in [6, 6.07) is 7.90. The fourth-order valence-corrected chi connectivity index (χ4v) is 2.61. The van der Waals surface area contributed by atoms with E-state index in [1.54, 1.807) is 0 Å². The Labute approximate surface area is 123 Å². The van der Waals surface area contributed by atoms with Gasteiger partial charge in [0.1, 0.15) is 17.2 Å². The highest BCUT2D eigenvalue weighted by atomic mass is 16.3. The number of hydrogen-bond acceptors (Lipinski definition) is 5. The Hall–Kier alpha value is -2.40. The van der Waals surface area contributed by atoms with E-state index in [9.17, 15) is 0 Å². The zero-order chi connectivity index (χ0) is 15.0. The summed E-state index contributed by atoms with van der Waals surface area (Å²) in [5, 5.41) is 1.02. The van der Waals surface area contributed by atoms with E-state index in [1.165, 1.54) is 0 Å². The van der Waals surface area contributed by atoms with Crippen LogP contribution in [-0.2, 0) is 6.42 Å². The number of nitrogens with one attached hydrogen (secondary N) is 1. The van der Waals surface area contributed by atoms with E-state index in [0.29, 0.717) is 11.6 Å². The molecule has 21 heavy (non-hydrogen) atoms. The first-order chi connectivity index (χ1) is 10.2. The molecule has 108 valence electrons. The van der Waals surface area contributed by atoms with Crippen LogP contribution >= 0.6 is 0 Å². The number of furan rings is 1. The highest BCUT2D eigenvalue weighted by molar-refractivity contribution is 5.94. The summed E-state index contributed by atoms with van der Waals surface area (Å²) in [5.41, 5.74) is 6.39. The number of hydrogen-bond donors (Lipinski definition) is 2. The Morgan fingerprint density at radius 3 is 2.67 bits per heavy atom. The molecule has 0 aliphatic heterocycles. The lowest BCUT2D eigenvalue weighted by Gasteiger charge is -2.10. The number of fused-ring (bicyclic) bond motifs is 1. The maximum absolute atomic E-state index is 5.80. The number of nitrogen functional groups attached to an aromatic ring is 1. The summed E-state index contributed by atoms with van der Waals surface area (Å²) in [6.45, 7) is 5.97. The number of aryl methyl sites for hydroxylation is 2. The number of benzene rings is 1. The standard InChI is InChI=1S/C16H18N4O/c1-4-12-9(2)15(20-17)19-16(18-12)14-10(3)21-13-8-6-5-7-11(13)14/h5-8H,4,17H2,1-3H3,(H,18,19,20). The summed E-state index contributed by atoms with van der Waals surface area (Å²) in [7, 11) is 0. The van der Waals surface area contributed by atoms with Crippen molar-refractivity contribution in [3.63, 3.8) is 0 Å². The SMILES string of the molecule is CCc1nc(-c2c(C)oc3ccccc23)nc(NN)c1C. The number of nitrogens with zero attached hydrogens (tertiary/aromatic N) is 2. The summed E-state index contributed by atoms with van der Waals surface area (Å²) in [6.07, 6.45) is 0.824. The molecule has 2 heterocycles. The molecular weight excluding hydrogens is 264 g/mol. The molecule has 0 bridgehead atoms. The molecule has 3 aromatic rings. The number of para-hydroxylation sites is 1. The molecule has 0 unspecified atom stereocenters. The van der Waals surface area contributed by atoms with Crippen molar-refractivity contribution >= 4 is 16.8 Å². The van der Waals surface area contributed by atoms with Gasteiger partial charge in [-0.15, -0.1) is 0 Å². The Kier molecular flexibility index (Phi) is 3.35. The van der Waals surface area contributed by atoms with Gasteiger partial charge in [-0.3, -0.25) is 0 Å². The van der Waals surface area contributed by atoms with E-state index in [1.807, 2.05) is 38.1 Å². The lowest BCUT2D eigenvalue weighted by Crippen LogP contribution is -2.13. The molecule has 0 radical (unpaired) electrons. The third-order valence-corrected chi connectivity index (χ3v) is 3.71. The normalized spacial score (nSPS) is 11.0. The van der Waals surface area contributed by atoms with Crippen LogP contribution in [0, 0.1) is 13.8 Å². The van der Waals surface area contributed by atoms with E-state index < -0.39 is 0 Å². The molecule has 0 spiro atoms. The van der Waals surface area contributed by atoms with Gasteiger partial charge in [-0.05, 0) is 26.3 Å². The van der Waals surface area contributed by atoms with Gasteiger partial charge in [0.05, 0.1) is 5.56 Å². The summed E-state index contributed by atoms with van der Waals surface area (Å²) >= 11 is 0. The maximum atomic E-state index is 5.80. The van der Waals surface area contributed by atoms with Crippen molar-refractivity contribution in [3.8, 4) is 11.4 Å². The summed E-state index contributed by atoms with van der Waals surface area (Å²) < 4.78 is 5.80. The van der Waals surface area contributed by atoms with Gasteiger partial charge >= 0.3 is 0 Å². The molecule has 0 aliphatic carbocycles. The fraction of sp³-hybridized carbons (Fsp3) is 0.250. The molecule has 0 amide bonds. The van der Waals surface area contributed by atoms with Gasteiger partial charge in [-0.1, -0.05) is 25.1 Å². The molecule has 0 saturated carbocycles. The lowest BCUT2D eigenvalue weighted by molar-refractivity contribution is 0.579. The van der Waals surface area contributed by atoms with Crippen LogP contribution in [0.2, 0.25) is 0 Å². The molecule has 0 atom stereocenters. The predicted molar refractivity (Wildman–Crippen MR) is 83.9 cm³/mol. The quantitative estimate of drug-likeness (QED) is 0.569. The third-order valence-electron chi connectivity index (χ3n) is 3.71. The van der Waals surface area contributed by atoms with E-state index in [2.05, 4.69) is 22.3 Å².